The molecule has 0 spiro atoms. The van der Waals surface area contributed by atoms with Crippen molar-refractivity contribution in [2.45, 2.75) is 12.5 Å². The molecule has 1 unspecified atom stereocenters. The molecule has 0 aliphatic rings. The minimum atomic E-state index is -0.936. The van der Waals surface area contributed by atoms with E-state index in [0.717, 1.165) is 6.07 Å². The quantitative estimate of drug-likeness (QED) is 0.802. The van der Waals surface area contributed by atoms with Gasteiger partial charge in [0.05, 0.1) is 6.10 Å². The Hall–Kier alpha value is -1.08. The summed E-state index contributed by atoms with van der Waals surface area (Å²) in [6.45, 7) is 0. The van der Waals surface area contributed by atoms with Gasteiger partial charge < -0.3 is 5.11 Å². The van der Waals surface area contributed by atoms with Crippen molar-refractivity contribution in [2.24, 2.45) is 0 Å². The van der Waals surface area contributed by atoms with Gasteiger partial charge in [-0.15, -0.1) is 0 Å². The van der Waals surface area contributed by atoms with E-state index in [0.29, 0.717) is 14.7 Å². The third-order valence-corrected chi connectivity index (χ3v) is 3.61. The third kappa shape index (κ3) is 3.70. The highest BCUT2D eigenvalue weighted by Gasteiger charge is 2.13. The molecule has 0 amide bonds. The van der Waals surface area contributed by atoms with E-state index >= 15 is 0 Å². The maximum Gasteiger partial charge on any atom is 0.126 e. The molecule has 1 N–H and O–H groups in total. The average molecular weight is 378 g/mol. The topological polar surface area (TPSA) is 20.2 Å². The van der Waals surface area contributed by atoms with Crippen molar-refractivity contribution in [3.63, 3.8) is 0 Å². The molecule has 0 saturated carbocycles. The first kappa shape index (κ1) is 14.3. The summed E-state index contributed by atoms with van der Waals surface area (Å²) in [6.07, 6.45) is -0.871. The molecular formula is C14H10F3IO. The maximum absolute atomic E-state index is 13.0. The van der Waals surface area contributed by atoms with Crippen LogP contribution in [0.1, 0.15) is 17.2 Å². The zero-order valence-corrected chi connectivity index (χ0v) is 11.9. The van der Waals surface area contributed by atoms with Crippen LogP contribution in [0.3, 0.4) is 0 Å². The second-order valence-corrected chi connectivity index (χ2v) is 5.33. The number of rotatable bonds is 3. The van der Waals surface area contributed by atoms with Crippen molar-refractivity contribution in [3.05, 3.63) is 68.5 Å². The molecule has 0 heterocycles. The summed E-state index contributed by atoms with van der Waals surface area (Å²) >= 11 is 1.91. The SMILES string of the molecule is OC(Cc1cc(F)cc(F)c1)c1ccc(F)cc1I. The Labute approximate surface area is 122 Å². The van der Waals surface area contributed by atoms with Gasteiger partial charge in [0.15, 0.2) is 0 Å². The molecule has 0 radical (unpaired) electrons. The highest BCUT2D eigenvalue weighted by Crippen LogP contribution is 2.24. The van der Waals surface area contributed by atoms with E-state index in [9.17, 15) is 18.3 Å². The number of halogens is 4. The Bertz CT molecular complexity index is 581. The minimum absolute atomic E-state index is 0.0658. The van der Waals surface area contributed by atoms with E-state index in [4.69, 9.17) is 0 Å². The van der Waals surface area contributed by atoms with Gasteiger partial charge in [-0.3, -0.25) is 0 Å². The van der Waals surface area contributed by atoms with Crippen LogP contribution in [0.15, 0.2) is 36.4 Å². The second kappa shape index (κ2) is 5.92. The van der Waals surface area contributed by atoms with E-state index in [1.807, 2.05) is 22.6 Å². The van der Waals surface area contributed by atoms with Gasteiger partial charge in [-0.2, -0.15) is 0 Å². The lowest BCUT2D eigenvalue weighted by Gasteiger charge is -2.13. The fraction of sp³-hybridized carbons (Fsp3) is 0.143. The number of benzene rings is 2. The summed E-state index contributed by atoms with van der Waals surface area (Å²) < 4.78 is 39.6. The molecule has 0 aliphatic carbocycles. The fourth-order valence-electron chi connectivity index (χ4n) is 1.83. The lowest BCUT2D eigenvalue weighted by molar-refractivity contribution is 0.177. The summed E-state index contributed by atoms with van der Waals surface area (Å²) in [5, 5.41) is 10.1. The van der Waals surface area contributed by atoms with Gasteiger partial charge in [0, 0.05) is 16.1 Å². The number of hydrogen-bond acceptors (Lipinski definition) is 1. The summed E-state index contributed by atoms with van der Waals surface area (Å²) in [5.74, 6) is -1.76. The summed E-state index contributed by atoms with van der Waals surface area (Å²) in [5.41, 5.74) is 0.886. The smallest absolute Gasteiger partial charge is 0.126 e. The van der Waals surface area contributed by atoms with Gasteiger partial charge >= 0.3 is 0 Å². The Morgan fingerprint density at radius 1 is 0.947 bits per heavy atom. The zero-order valence-electron chi connectivity index (χ0n) is 9.71. The van der Waals surface area contributed by atoms with Crippen LogP contribution >= 0.6 is 22.6 Å². The van der Waals surface area contributed by atoms with Crippen LogP contribution in [0.4, 0.5) is 13.2 Å². The number of aliphatic hydroxyl groups excluding tert-OH is 1. The molecule has 0 aliphatic heterocycles. The van der Waals surface area contributed by atoms with Gasteiger partial charge in [-0.05, 0) is 58.0 Å². The number of hydrogen-bond donors (Lipinski definition) is 1. The summed E-state index contributed by atoms with van der Waals surface area (Å²) in [6, 6.07) is 7.12. The molecule has 0 fully saturated rings. The van der Waals surface area contributed by atoms with Crippen molar-refractivity contribution in [1.82, 2.24) is 0 Å². The molecule has 2 aromatic rings. The van der Waals surface area contributed by atoms with E-state index in [1.54, 1.807) is 0 Å². The largest absolute Gasteiger partial charge is 0.388 e. The Morgan fingerprint density at radius 3 is 2.16 bits per heavy atom. The molecule has 1 nitrogen and oxygen atoms in total. The van der Waals surface area contributed by atoms with Crippen LogP contribution in [0, 0.1) is 21.0 Å². The maximum atomic E-state index is 13.0. The van der Waals surface area contributed by atoms with Crippen LogP contribution < -0.4 is 0 Å². The zero-order chi connectivity index (χ0) is 14.0. The normalized spacial score (nSPS) is 12.5. The molecule has 0 aromatic heterocycles. The Kier molecular flexibility index (Phi) is 4.46. The van der Waals surface area contributed by atoms with E-state index in [2.05, 4.69) is 0 Å². The third-order valence-electron chi connectivity index (χ3n) is 2.67. The van der Waals surface area contributed by atoms with Crippen molar-refractivity contribution in [1.29, 1.82) is 0 Å². The molecule has 19 heavy (non-hydrogen) atoms. The Morgan fingerprint density at radius 2 is 1.58 bits per heavy atom. The van der Waals surface area contributed by atoms with Gasteiger partial charge in [0.25, 0.3) is 0 Å². The Balaban J connectivity index is 2.22. The van der Waals surface area contributed by atoms with E-state index < -0.39 is 23.6 Å². The van der Waals surface area contributed by atoms with Crippen LogP contribution in [0.5, 0.6) is 0 Å². The summed E-state index contributed by atoms with van der Waals surface area (Å²) in [7, 11) is 0. The van der Waals surface area contributed by atoms with Gasteiger partial charge in [0.2, 0.25) is 0 Å². The van der Waals surface area contributed by atoms with Gasteiger partial charge in [0.1, 0.15) is 17.5 Å². The van der Waals surface area contributed by atoms with Crippen molar-refractivity contribution in [3.8, 4) is 0 Å². The lowest BCUT2D eigenvalue weighted by Crippen LogP contribution is -2.05. The fourth-order valence-corrected chi connectivity index (χ4v) is 2.67. The minimum Gasteiger partial charge on any atom is -0.388 e. The van der Waals surface area contributed by atoms with Crippen LogP contribution in [-0.2, 0) is 6.42 Å². The predicted octanol–water partition coefficient (Wildman–Crippen LogP) is 3.98. The molecular weight excluding hydrogens is 368 g/mol. The molecule has 2 aromatic carbocycles. The second-order valence-electron chi connectivity index (χ2n) is 4.16. The van der Waals surface area contributed by atoms with Crippen LogP contribution in [0.2, 0.25) is 0 Å². The first-order chi connectivity index (χ1) is 8.95. The predicted molar refractivity (Wildman–Crippen MR) is 74.1 cm³/mol. The highest BCUT2D eigenvalue weighted by molar-refractivity contribution is 14.1. The number of aliphatic hydroxyl groups is 1. The standard InChI is InChI=1S/C14H10F3IO/c15-9-1-2-12(13(18)7-9)14(19)5-8-3-10(16)6-11(17)4-8/h1-4,6-7,14,19H,5H2. The molecule has 5 heteroatoms. The monoisotopic (exact) mass is 378 g/mol. The van der Waals surface area contributed by atoms with Crippen molar-refractivity contribution in [2.75, 3.05) is 0 Å². The van der Waals surface area contributed by atoms with Crippen LogP contribution in [0.25, 0.3) is 0 Å². The van der Waals surface area contributed by atoms with Crippen molar-refractivity contribution < 1.29 is 18.3 Å². The van der Waals surface area contributed by atoms with E-state index in [1.165, 1.54) is 30.3 Å². The highest BCUT2D eigenvalue weighted by atomic mass is 127. The average Bonchev–Trinajstić information content (AvgIpc) is 2.26. The molecule has 0 bridgehead atoms. The van der Waals surface area contributed by atoms with Crippen LogP contribution in [-0.4, -0.2) is 5.11 Å². The molecule has 1 atom stereocenters. The summed E-state index contributed by atoms with van der Waals surface area (Å²) in [4.78, 5) is 0. The molecule has 2 rings (SSSR count). The lowest BCUT2D eigenvalue weighted by atomic mass is 10.0. The first-order valence-electron chi connectivity index (χ1n) is 5.53. The van der Waals surface area contributed by atoms with Crippen molar-refractivity contribution >= 4 is 22.6 Å². The van der Waals surface area contributed by atoms with Gasteiger partial charge in [-0.1, -0.05) is 6.07 Å². The van der Waals surface area contributed by atoms with E-state index in [-0.39, 0.29) is 6.42 Å². The first-order valence-corrected chi connectivity index (χ1v) is 6.61. The van der Waals surface area contributed by atoms with Gasteiger partial charge in [-0.25, -0.2) is 13.2 Å². The molecule has 0 saturated heterocycles. The molecule has 100 valence electrons.